The summed E-state index contributed by atoms with van der Waals surface area (Å²) in [4.78, 5) is 0. The van der Waals surface area contributed by atoms with Crippen LogP contribution in [0.2, 0.25) is 10.0 Å². The van der Waals surface area contributed by atoms with E-state index in [1.54, 1.807) is 12.1 Å². The van der Waals surface area contributed by atoms with E-state index in [1.807, 2.05) is 67.6 Å². The van der Waals surface area contributed by atoms with E-state index in [-0.39, 0.29) is 0 Å². The van der Waals surface area contributed by atoms with Gasteiger partial charge in [-0.2, -0.15) is 5.26 Å². The molecule has 3 rings (SSSR count). The van der Waals surface area contributed by atoms with Gasteiger partial charge in [0.25, 0.3) is 0 Å². The highest BCUT2D eigenvalue weighted by atomic mass is 35.5. The smallest absolute Gasteiger partial charge is 0.161 e. The topological polar surface area (TPSA) is 42.2 Å². The van der Waals surface area contributed by atoms with Crippen LogP contribution in [0.4, 0.5) is 0 Å². The van der Waals surface area contributed by atoms with Crippen LogP contribution >= 0.6 is 23.2 Å². The molecule has 29 heavy (non-hydrogen) atoms. The maximum absolute atomic E-state index is 9.58. The largest absolute Gasteiger partial charge is 0.490 e. The molecule has 3 aromatic rings. The molecule has 0 bridgehead atoms. The van der Waals surface area contributed by atoms with E-state index in [0.717, 1.165) is 11.1 Å². The molecule has 0 unspecified atom stereocenters. The first-order valence-corrected chi connectivity index (χ1v) is 9.87. The predicted octanol–water partition coefficient (Wildman–Crippen LogP) is 7.04. The highest BCUT2D eigenvalue weighted by Gasteiger charge is 2.10. The summed E-state index contributed by atoms with van der Waals surface area (Å²) in [5.41, 5.74) is 2.87. The Morgan fingerprint density at radius 3 is 2.34 bits per heavy atom. The summed E-state index contributed by atoms with van der Waals surface area (Å²) >= 11 is 12.4. The van der Waals surface area contributed by atoms with Crippen LogP contribution in [0.3, 0.4) is 0 Å². The van der Waals surface area contributed by atoms with E-state index in [4.69, 9.17) is 32.7 Å². The first-order chi connectivity index (χ1) is 14.1. The lowest BCUT2D eigenvalue weighted by Crippen LogP contribution is -2.00. The van der Waals surface area contributed by atoms with Gasteiger partial charge in [0.2, 0.25) is 0 Å². The molecule has 5 heteroatoms. The number of hydrogen-bond acceptors (Lipinski definition) is 3. The molecule has 3 aromatic carbocycles. The van der Waals surface area contributed by atoms with Crippen molar-refractivity contribution in [3.63, 3.8) is 0 Å². The molecule has 0 fully saturated rings. The molecule has 0 saturated carbocycles. The van der Waals surface area contributed by atoms with Crippen molar-refractivity contribution in [2.24, 2.45) is 0 Å². The summed E-state index contributed by atoms with van der Waals surface area (Å²) < 4.78 is 11.7. The summed E-state index contributed by atoms with van der Waals surface area (Å²) in [6, 6.07) is 22.6. The predicted molar refractivity (Wildman–Crippen MR) is 118 cm³/mol. The third-order valence-corrected chi connectivity index (χ3v) is 4.90. The first-order valence-electron chi connectivity index (χ1n) is 9.12. The summed E-state index contributed by atoms with van der Waals surface area (Å²) in [5.74, 6) is 1.21. The van der Waals surface area contributed by atoms with Gasteiger partial charge in [0.05, 0.1) is 18.2 Å². The van der Waals surface area contributed by atoms with Crippen molar-refractivity contribution in [3.8, 4) is 17.6 Å². The lowest BCUT2D eigenvalue weighted by molar-refractivity contribution is 0.269. The molecule has 0 aliphatic carbocycles. The molecule has 0 aliphatic heterocycles. The third kappa shape index (κ3) is 5.32. The van der Waals surface area contributed by atoms with E-state index in [2.05, 4.69) is 6.07 Å². The average Bonchev–Trinajstić information content (AvgIpc) is 2.73. The van der Waals surface area contributed by atoms with Crippen LogP contribution in [0, 0.1) is 11.3 Å². The fourth-order valence-electron chi connectivity index (χ4n) is 2.79. The van der Waals surface area contributed by atoms with Crippen LogP contribution in [0.25, 0.3) is 11.6 Å². The zero-order chi connectivity index (χ0) is 20.6. The van der Waals surface area contributed by atoms with Crippen molar-refractivity contribution in [1.29, 1.82) is 5.26 Å². The molecular formula is C24H19Cl2NO2. The lowest BCUT2D eigenvalue weighted by Gasteiger charge is -2.13. The van der Waals surface area contributed by atoms with Crippen molar-refractivity contribution < 1.29 is 9.47 Å². The van der Waals surface area contributed by atoms with Crippen molar-refractivity contribution in [2.45, 2.75) is 13.5 Å². The Kier molecular flexibility index (Phi) is 7.19. The Labute approximate surface area is 180 Å². The highest BCUT2D eigenvalue weighted by molar-refractivity contribution is 6.32. The van der Waals surface area contributed by atoms with Gasteiger partial charge in [0, 0.05) is 21.2 Å². The number of nitriles is 1. The SMILES string of the molecule is CCOc1cc(C=C(C#N)c2ccccc2Cl)ccc1OCc1ccccc1Cl. The first kappa shape index (κ1) is 20.8. The Bertz CT molecular complexity index is 1070. The maximum atomic E-state index is 9.58. The van der Waals surface area contributed by atoms with Gasteiger partial charge in [-0.15, -0.1) is 0 Å². The molecule has 0 N–H and O–H groups in total. The number of rotatable bonds is 7. The number of halogens is 2. The van der Waals surface area contributed by atoms with E-state index in [9.17, 15) is 5.26 Å². The normalized spacial score (nSPS) is 11.0. The second-order valence-electron chi connectivity index (χ2n) is 6.17. The van der Waals surface area contributed by atoms with Gasteiger partial charge in [-0.3, -0.25) is 0 Å². The summed E-state index contributed by atoms with van der Waals surface area (Å²) in [6.45, 7) is 2.73. The van der Waals surface area contributed by atoms with Crippen molar-refractivity contribution >= 4 is 34.9 Å². The summed E-state index contributed by atoms with van der Waals surface area (Å²) in [7, 11) is 0. The van der Waals surface area contributed by atoms with Gasteiger partial charge >= 0.3 is 0 Å². The van der Waals surface area contributed by atoms with Gasteiger partial charge < -0.3 is 9.47 Å². The molecule has 0 saturated heterocycles. The van der Waals surface area contributed by atoms with E-state index >= 15 is 0 Å². The zero-order valence-corrected chi connectivity index (χ0v) is 17.4. The number of hydrogen-bond donors (Lipinski definition) is 0. The van der Waals surface area contributed by atoms with E-state index in [1.165, 1.54) is 0 Å². The Morgan fingerprint density at radius 2 is 1.66 bits per heavy atom. The zero-order valence-electron chi connectivity index (χ0n) is 15.9. The minimum Gasteiger partial charge on any atom is -0.490 e. The van der Waals surface area contributed by atoms with Crippen LogP contribution in [0.15, 0.2) is 66.7 Å². The number of ether oxygens (including phenoxy) is 2. The molecule has 0 radical (unpaired) electrons. The Hall–Kier alpha value is -2.93. The van der Waals surface area contributed by atoms with Crippen LogP contribution in [0.1, 0.15) is 23.6 Å². The lowest BCUT2D eigenvalue weighted by atomic mass is 10.0. The van der Waals surface area contributed by atoms with Gasteiger partial charge in [0.15, 0.2) is 11.5 Å². The number of nitrogens with zero attached hydrogens (tertiary/aromatic N) is 1. The quantitative estimate of drug-likeness (QED) is 0.302. The standard InChI is InChI=1S/C24H19Cl2NO2/c1-2-28-24-14-17(13-19(15-27)20-8-4-6-10-22(20)26)11-12-23(24)29-16-18-7-3-5-9-21(18)25/h3-14H,2,16H2,1H3. The van der Waals surface area contributed by atoms with E-state index < -0.39 is 0 Å². The molecule has 0 amide bonds. The average molecular weight is 424 g/mol. The number of allylic oxidation sites excluding steroid dienone is 1. The number of benzene rings is 3. The third-order valence-electron chi connectivity index (χ3n) is 4.20. The van der Waals surface area contributed by atoms with Crippen LogP contribution < -0.4 is 9.47 Å². The Balaban J connectivity index is 1.88. The van der Waals surface area contributed by atoms with Crippen LogP contribution in [0.5, 0.6) is 11.5 Å². The van der Waals surface area contributed by atoms with Crippen molar-refractivity contribution in [2.75, 3.05) is 6.61 Å². The molecule has 0 aliphatic rings. The summed E-state index contributed by atoms with van der Waals surface area (Å²) in [5, 5.41) is 10.8. The fourth-order valence-corrected chi connectivity index (χ4v) is 3.22. The molecule has 146 valence electrons. The molecule has 0 atom stereocenters. The van der Waals surface area contributed by atoms with Crippen molar-refractivity contribution in [1.82, 2.24) is 0 Å². The molecule has 0 spiro atoms. The minimum atomic E-state index is 0.331. The maximum Gasteiger partial charge on any atom is 0.161 e. The molecular weight excluding hydrogens is 405 g/mol. The second-order valence-corrected chi connectivity index (χ2v) is 6.98. The van der Waals surface area contributed by atoms with Crippen LogP contribution in [-0.4, -0.2) is 6.61 Å². The Morgan fingerprint density at radius 1 is 0.931 bits per heavy atom. The van der Waals surface area contributed by atoms with Gasteiger partial charge in [0.1, 0.15) is 6.61 Å². The van der Waals surface area contributed by atoms with E-state index in [0.29, 0.717) is 45.9 Å². The highest BCUT2D eigenvalue weighted by Crippen LogP contribution is 2.32. The minimum absolute atomic E-state index is 0.331. The van der Waals surface area contributed by atoms with Gasteiger partial charge in [-0.05, 0) is 42.8 Å². The molecule has 3 nitrogen and oxygen atoms in total. The monoisotopic (exact) mass is 423 g/mol. The van der Waals surface area contributed by atoms with Gasteiger partial charge in [-0.25, -0.2) is 0 Å². The van der Waals surface area contributed by atoms with Crippen LogP contribution in [-0.2, 0) is 6.61 Å². The second kappa shape index (κ2) is 10.0. The summed E-state index contributed by atoms with van der Waals surface area (Å²) in [6.07, 6.45) is 1.78. The molecule has 0 heterocycles. The fraction of sp³-hybridized carbons (Fsp3) is 0.125. The van der Waals surface area contributed by atoms with Gasteiger partial charge in [-0.1, -0.05) is 65.7 Å². The molecule has 0 aromatic heterocycles. The van der Waals surface area contributed by atoms with Crippen molar-refractivity contribution in [3.05, 3.63) is 93.5 Å².